The number of nitrogens with zero attached hydrogens (tertiary/aromatic N) is 6. The van der Waals surface area contributed by atoms with Gasteiger partial charge in [-0.2, -0.15) is 5.10 Å². The van der Waals surface area contributed by atoms with E-state index in [-0.39, 0.29) is 11.9 Å². The van der Waals surface area contributed by atoms with E-state index in [4.69, 9.17) is 4.98 Å². The zero-order valence-corrected chi connectivity index (χ0v) is 17.5. The number of para-hydroxylation sites is 1. The number of likely N-dealkylation sites (N-methyl/N-ethyl adjacent to an activating group) is 2. The number of benzene rings is 1. The van der Waals surface area contributed by atoms with Crippen LogP contribution < -0.4 is 10.2 Å². The molecule has 0 bridgehead atoms. The number of aromatic nitrogens is 4. The lowest BCUT2D eigenvalue weighted by atomic mass is 10.1. The van der Waals surface area contributed by atoms with Crippen molar-refractivity contribution in [3.05, 3.63) is 67.4 Å². The third-order valence-corrected chi connectivity index (χ3v) is 5.82. The number of carbonyl (C=O) groups excluding carboxylic acids is 1. The lowest BCUT2D eigenvalue weighted by Crippen LogP contribution is -2.42. The van der Waals surface area contributed by atoms with Crippen molar-refractivity contribution in [1.29, 1.82) is 0 Å². The third-order valence-electron chi connectivity index (χ3n) is 5.82. The molecular formula is C23H23N7O. The van der Waals surface area contributed by atoms with Crippen LogP contribution in [-0.4, -0.2) is 56.6 Å². The highest BCUT2D eigenvalue weighted by molar-refractivity contribution is 5.88. The van der Waals surface area contributed by atoms with Crippen LogP contribution in [0.3, 0.4) is 0 Å². The minimum atomic E-state index is -0.306. The summed E-state index contributed by atoms with van der Waals surface area (Å²) in [6.07, 6.45) is 5.57. The number of amides is 1. The molecule has 1 aromatic carbocycles. The fourth-order valence-corrected chi connectivity index (χ4v) is 3.93. The van der Waals surface area contributed by atoms with Gasteiger partial charge in [-0.05, 0) is 25.1 Å². The Balaban J connectivity index is 1.51. The van der Waals surface area contributed by atoms with Crippen molar-refractivity contribution in [2.75, 3.05) is 25.0 Å². The van der Waals surface area contributed by atoms with Crippen LogP contribution in [0.2, 0.25) is 0 Å². The summed E-state index contributed by atoms with van der Waals surface area (Å²) < 4.78 is 1.76. The molecule has 4 aromatic rings. The Kier molecular flexibility index (Phi) is 4.54. The molecule has 1 aliphatic heterocycles. The molecule has 0 radical (unpaired) electrons. The maximum Gasteiger partial charge on any atom is 0.250 e. The van der Waals surface area contributed by atoms with Gasteiger partial charge in [-0.3, -0.25) is 9.78 Å². The molecule has 1 fully saturated rings. The summed E-state index contributed by atoms with van der Waals surface area (Å²) in [5, 5.41) is 8.33. The first-order chi connectivity index (χ1) is 15.0. The van der Waals surface area contributed by atoms with E-state index in [9.17, 15) is 4.79 Å². The van der Waals surface area contributed by atoms with Crippen LogP contribution in [0.5, 0.6) is 0 Å². The maximum absolute atomic E-state index is 12.3. The second-order valence-corrected chi connectivity index (χ2v) is 7.63. The largest absolute Gasteiger partial charge is 0.354 e. The Morgan fingerprint density at radius 3 is 2.84 bits per heavy atom. The van der Waals surface area contributed by atoms with Crippen molar-refractivity contribution in [2.45, 2.75) is 13.0 Å². The minimum Gasteiger partial charge on any atom is -0.354 e. The Bertz CT molecular complexity index is 1310. The second kappa shape index (κ2) is 7.39. The predicted octanol–water partition coefficient (Wildman–Crippen LogP) is 2.67. The molecule has 3 aromatic heterocycles. The van der Waals surface area contributed by atoms with Gasteiger partial charge in [0.1, 0.15) is 17.7 Å². The minimum absolute atomic E-state index is 0.0423. The number of hydrogen-bond donors (Lipinski definition) is 1. The van der Waals surface area contributed by atoms with Crippen molar-refractivity contribution in [2.24, 2.45) is 0 Å². The molecule has 1 amide bonds. The highest BCUT2D eigenvalue weighted by Gasteiger charge is 2.33. The summed E-state index contributed by atoms with van der Waals surface area (Å²) in [6.45, 7) is 7.17. The van der Waals surface area contributed by atoms with Crippen molar-refractivity contribution < 1.29 is 4.79 Å². The number of anilines is 1. The van der Waals surface area contributed by atoms with Gasteiger partial charge in [-0.25, -0.2) is 9.50 Å². The van der Waals surface area contributed by atoms with Crippen molar-refractivity contribution in [3.8, 4) is 11.1 Å². The number of nitrogens with one attached hydrogen (secondary N) is 1. The van der Waals surface area contributed by atoms with E-state index in [1.54, 1.807) is 4.52 Å². The molecule has 1 atom stereocenters. The third kappa shape index (κ3) is 3.26. The van der Waals surface area contributed by atoms with E-state index in [1.165, 1.54) is 0 Å². The molecule has 8 heteroatoms. The lowest BCUT2D eigenvalue weighted by Gasteiger charge is -2.28. The van der Waals surface area contributed by atoms with Gasteiger partial charge >= 0.3 is 0 Å². The predicted molar refractivity (Wildman–Crippen MR) is 120 cm³/mol. The molecule has 4 heterocycles. The average Bonchev–Trinajstić information content (AvgIpc) is 3.32. The van der Waals surface area contributed by atoms with Crippen LogP contribution in [0.4, 0.5) is 5.82 Å². The fourth-order valence-electron chi connectivity index (χ4n) is 3.93. The summed E-state index contributed by atoms with van der Waals surface area (Å²) in [5.74, 6) is 1.37. The van der Waals surface area contributed by atoms with Crippen LogP contribution in [0.15, 0.2) is 67.4 Å². The van der Waals surface area contributed by atoms with E-state index in [0.717, 1.165) is 33.5 Å². The Hall–Kier alpha value is -3.94. The topological polar surface area (TPSA) is 78.7 Å². The van der Waals surface area contributed by atoms with Crippen LogP contribution >= 0.6 is 0 Å². The van der Waals surface area contributed by atoms with Gasteiger partial charge in [0.25, 0.3) is 0 Å². The molecule has 1 unspecified atom stereocenters. The number of fused-ring (bicyclic) bond motifs is 2. The van der Waals surface area contributed by atoms with E-state index >= 15 is 0 Å². The summed E-state index contributed by atoms with van der Waals surface area (Å²) in [5.41, 5.74) is 3.59. The van der Waals surface area contributed by atoms with Crippen LogP contribution in [-0.2, 0) is 4.79 Å². The molecule has 1 N–H and O–H groups in total. The monoisotopic (exact) mass is 413 g/mol. The zero-order chi connectivity index (χ0) is 21.5. The fraction of sp³-hybridized carbons (Fsp3) is 0.217. The SMILES string of the molecule is C=C1NC(=O)C(CN(CC)c2ccn3ncc(-c4cnc5ccccc5c4)c3n2)N1C. The van der Waals surface area contributed by atoms with Gasteiger partial charge in [0, 0.05) is 49.0 Å². The zero-order valence-electron chi connectivity index (χ0n) is 17.5. The standard InChI is InChI=1S/C23H23N7O/c1-4-29(14-20-23(31)26-15(2)28(20)3)21-9-10-30-22(27-21)18(13-25-30)17-11-16-7-5-6-8-19(16)24-12-17/h5-13,20H,2,4,14H2,1,3H3,(H,26,31). The van der Waals surface area contributed by atoms with Gasteiger partial charge < -0.3 is 15.1 Å². The summed E-state index contributed by atoms with van der Waals surface area (Å²) >= 11 is 0. The molecule has 5 rings (SSSR count). The van der Waals surface area contributed by atoms with Gasteiger partial charge in [-0.15, -0.1) is 0 Å². The first-order valence-electron chi connectivity index (χ1n) is 10.2. The summed E-state index contributed by atoms with van der Waals surface area (Å²) in [7, 11) is 1.87. The van der Waals surface area contributed by atoms with Crippen LogP contribution in [0.1, 0.15) is 6.92 Å². The highest BCUT2D eigenvalue weighted by Crippen LogP contribution is 2.27. The van der Waals surface area contributed by atoms with E-state index < -0.39 is 0 Å². The highest BCUT2D eigenvalue weighted by atomic mass is 16.2. The first-order valence-corrected chi connectivity index (χ1v) is 10.2. The van der Waals surface area contributed by atoms with E-state index in [2.05, 4.69) is 39.9 Å². The van der Waals surface area contributed by atoms with Gasteiger partial charge in [-0.1, -0.05) is 24.8 Å². The van der Waals surface area contributed by atoms with Crippen molar-refractivity contribution in [3.63, 3.8) is 0 Å². The number of carbonyl (C=O) groups is 1. The lowest BCUT2D eigenvalue weighted by molar-refractivity contribution is -0.121. The molecule has 156 valence electrons. The molecule has 0 saturated carbocycles. The molecule has 31 heavy (non-hydrogen) atoms. The summed E-state index contributed by atoms with van der Waals surface area (Å²) in [4.78, 5) is 25.8. The number of rotatable bonds is 5. The molecular weight excluding hydrogens is 390 g/mol. The maximum atomic E-state index is 12.3. The Labute approximate surface area is 179 Å². The quantitative estimate of drug-likeness (QED) is 0.542. The van der Waals surface area contributed by atoms with Gasteiger partial charge in [0.2, 0.25) is 5.91 Å². The molecule has 0 aliphatic carbocycles. The normalized spacial score (nSPS) is 16.3. The molecule has 1 aliphatic rings. The van der Waals surface area contributed by atoms with Gasteiger partial charge in [0.15, 0.2) is 5.65 Å². The summed E-state index contributed by atoms with van der Waals surface area (Å²) in [6, 6.07) is 11.8. The number of hydrogen-bond acceptors (Lipinski definition) is 6. The number of pyridine rings is 1. The van der Waals surface area contributed by atoms with E-state index in [1.807, 2.05) is 60.9 Å². The van der Waals surface area contributed by atoms with E-state index in [0.29, 0.717) is 18.9 Å². The van der Waals surface area contributed by atoms with Crippen LogP contribution in [0.25, 0.3) is 27.7 Å². The Morgan fingerprint density at radius 2 is 2.06 bits per heavy atom. The second-order valence-electron chi connectivity index (χ2n) is 7.63. The molecule has 1 saturated heterocycles. The molecule has 8 nitrogen and oxygen atoms in total. The molecule has 0 spiro atoms. The van der Waals surface area contributed by atoms with Crippen LogP contribution in [0, 0.1) is 0 Å². The first kappa shape index (κ1) is 19.0. The van der Waals surface area contributed by atoms with Gasteiger partial charge in [0.05, 0.1) is 11.7 Å². The Morgan fingerprint density at radius 1 is 1.23 bits per heavy atom. The average molecular weight is 413 g/mol. The van der Waals surface area contributed by atoms with Crippen molar-refractivity contribution in [1.82, 2.24) is 29.8 Å². The smallest absolute Gasteiger partial charge is 0.250 e. The van der Waals surface area contributed by atoms with Crippen molar-refractivity contribution >= 4 is 28.3 Å².